The molecule has 0 spiro atoms. The maximum absolute atomic E-state index is 13.7. The predicted octanol–water partition coefficient (Wildman–Crippen LogP) is 4.28. The maximum atomic E-state index is 13.7. The second kappa shape index (κ2) is 6.57. The highest BCUT2D eigenvalue weighted by molar-refractivity contribution is 5.98. The van der Waals surface area contributed by atoms with Crippen LogP contribution in [0.15, 0.2) is 18.2 Å². The van der Waals surface area contributed by atoms with Crippen molar-refractivity contribution in [2.24, 2.45) is 23.2 Å². The van der Waals surface area contributed by atoms with Crippen LogP contribution in [0, 0.1) is 35.9 Å². The second-order valence-electron chi connectivity index (χ2n) is 9.80. The summed E-state index contributed by atoms with van der Waals surface area (Å²) in [5.41, 5.74) is 1.12. The Balaban J connectivity index is 1.34. The molecular weight excluding hydrogens is 355 g/mol. The molecule has 1 aliphatic heterocycles. The molecule has 0 radical (unpaired) electrons. The highest BCUT2D eigenvalue weighted by atomic mass is 19.1. The number of hydrogen-bond donors (Lipinski definition) is 1. The van der Waals surface area contributed by atoms with E-state index in [1.807, 2.05) is 4.90 Å². The molecule has 1 aromatic rings. The lowest BCUT2D eigenvalue weighted by molar-refractivity contribution is -0.160. The summed E-state index contributed by atoms with van der Waals surface area (Å²) in [7, 11) is 0. The molecule has 2 amide bonds. The van der Waals surface area contributed by atoms with Gasteiger partial charge in [0.2, 0.25) is 11.8 Å². The van der Waals surface area contributed by atoms with E-state index in [1.165, 1.54) is 31.4 Å². The van der Waals surface area contributed by atoms with Crippen molar-refractivity contribution in [3.63, 3.8) is 0 Å². The molecule has 150 valence electrons. The monoisotopic (exact) mass is 384 g/mol. The van der Waals surface area contributed by atoms with E-state index in [-0.39, 0.29) is 23.0 Å². The van der Waals surface area contributed by atoms with Gasteiger partial charge in [-0.25, -0.2) is 4.39 Å². The standard InChI is InChI=1S/C23H29FN2O2/c1-14-7-18(24)4-5-19(14)25-21(27)20-3-2-6-26(20)22(28)23-11-15-8-16(12-23)10-17(9-15)13-23/h4-5,7,15-17,20H,2-3,6,8-13H2,1H3,(H,25,27). The number of hydrogen-bond acceptors (Lipinski definition) is 2. The Labute approximate surface area is 165 Å². The highest BCUT2D eigenvalue weighted by Crippen LogP contribution is 2.60. The summed E-state index contributed by atoms with van der Waals surface area (Å²) in [6, 6.07) is 3.98. The number of benzene rings is 1. The SMILES string of the molecule is Cc1cc(F)ccc1NC(=O)C1CCCN1C(=O)C12CC3CC(CC(C3)C1)C2. The summed E-state index contributed by atoms with van der Waals surface area (Å²) < 4.78 is 13.3. The Morgan fingerprint density at radius 3 is 2.36 bits per heavy atom. The van der Waals surface area contributed by atoms with Crippen molar-refractivity contribution in [2.45, 2.75) is 64.3 Å². The lowest BCUT2D eigenvalue weighted by Crippen LogP contribution is -2.56. The van der Waals surface area contributed by atoms with Crippen LogP contribution < -0.4 is 5.32 Å². The third-order valence-corrected chi connectivity index (χ3v) is 7.75. The number of carbonyl (C=O) groups excluding carboxylic acids is 2. The fourth-order valence-electron chi connectivity index (χ4n) is 6.94. The van der Waals surface area contributed by atoms with Gasteiger partial charge in [-0.1, -0.05) is 0 Å². The molecule has 1 saturated heterocycles. The zero-order valence-electron chi connectivity index (χ0n) is 16.5. The summed E-state index contributed by atoms with van der Waals surface area (Å²) in [4.78, 5) is 28.5. The van der Waals surface area contributed by atoms with E-state index in [9.17, 15) is 14.0 Å². The first-order valence-corrected chi connectivity index (χ1v) is 10.8. The van der Waals surface area contributed by atoms with Gasteiger partial charge in [-0.15, -0.1) is 0 Å². The minimum atomic E-state index is -0.398. The van der Waals surface area contributed by atoms with E-state index in [1.54, 1.807) is 13.0 Å². The van der Waals surface area contributed by atoms with Crippen molar-refractivity contribution in [1.82, 2.24) is 4.90 Å². The number of nitrogens with one attached hydrogen (secondary N) is 1. The number of rotatable bonds is 3. The summed E-state index contributed by atoms with van der Waals surface area (Å²) in [6.45, 7) is 2.47. The third kappa shape index (κ3) is 2.94. The third-order valence-electron chi connectivity index (χ3n) is 7.75. The van der Waals surface area contributed by atoms with Gasteiger partial charge >= 0.3 is 0 Å². The van der Waals surface area contributed by atoms with Gasteiger partial charge in [-0.3, -0.25) is 9.59 Å². The molecule has 28 heavy (non-hydrogen) atoms. The van der Waals surface area contributed by atoms with Crippen molar-refractivity contribution < 1.29 is 14.0 Å². The van der Waals surface area contributed by atoms with Gasteiger partial charge in [0.1, 0.15) is 11.9 Å². The van der Waals surface area contributed by atoms with Crippen LogP contribution >= 0.6 is 0 Å². The molecule has 6 rings (SSSR count). The number of anilines is 1. The number of halogens is 1. The van der Waals surface area contributed by atoms with Gasteiger partial charge in [0.25, 0.3) is 0 Å². The van der Waals surface area contributed by atoms with Crippen LogP contribution in [0.2, 0.25) is 0 Å². The smallest absolute Gasteiger partial charge is 0.247 e. The molecule has 1 N–H and O–H groups in total. The lowest BCUT2D eigenvalue weighted by Gasteiger charge is -2.56. The van der Waals surface area contributed by atoms with Crippen LogP contribution in [0.3, 0.4) is 0 Å². The van der Waals surface area contributed by atoms with Crippen LogP contribution in [0.1, 0.15) is 56.9 Å². The van der Waals surface area contributed by atoms with Crippen molar-refractivity contribution >= 4 is 17.5 Å². The second-order valence-corrected chi connectivity index (χ2v) is 9.80. The molecule has 4 aliphatic carbocycles. The number of nitrogens with zero attached hydrogens (tertiary/aromatic N) is 1. The van der Waals surface area contributed by atoms with E-state index < -0.39 is 6.04 Å². The Bertz CT molecular complexity index is 786. The van der Waals surface area contributed by atoms with Gasteiger partial charge in [0.15, 0.2) is 0 Å². The average Bonchev–Trinajstić information content (AvgIpc) is 3.12. The molecule has 1 unspecified atom stereocenters. The quantitative estimate of drug-likeness (QED) is 0.846. The van der Waals surface area contributed by atoms with E-state index in [0.29, 0.717) is 42.0 Å². The van der Waals surface area contributed by atoms with Crippen molar-refractivity contribution in [1.29, 1.82) is 0 Å². The molecule has 5 fully saturated rings. The first-order valence-electron chi connectivity index (χ1n) is 10.8. The molecule has 0 aromatic heterocycles. The van der Waals surface area contributed by atoms with Crippen LogP contribution in [0.5, 0.6) is 0 Å². The summed E-state index contributed by atoms with van der Waals surface area (Å²) in [5.74, 6) is 1.94. The molecule has 4 saturated carbocycles. The molecular formula is C23H29FN2O2. The average molecular weight is 384 g/mol. The van der Waals surface area contributed by atoms with E-state index in [2.05, 4.69) is 5.32 Å². The van der Waals surface area contributed by atoms with Crippen molar-refractivity contribution in [3.05, 3.63) is 29.6 Å². The van der Waals surface area contributed by atoms with Crippen LogP contribution in [0.4, 0.5) is 10.1 Å². The fraction of sp³-hybridized carbons (Fsp3) is 0.652. The van der Waals surface area contributed by atoms with Crippen LogP contribution in [-0.2, 0) is 9.59 Å². The van der Waals surface area contributed by atoms with Crippen LogP contribution in [0.25, 0.3) is 0 Å². The molecule has 1 heterocycles. The first kappa shape index (κ1) is 18.1. The Hall–Kier alpha value is -1.91. The van der Waals surface area contributed by atoms with Gasteiger partial charge in [0.05, 0.1) is 5.41 Å². The highest BCUT2D eigenvalue weighted by Gasteiger charge is 2.56. The number of carbonyl (C=O) groups is 2. The summed E-state index contributed by atoms with van der Waals surface area (Å²) in [6.07, 6.45) is 8.59. The fourth-order valence-corrected chi connectivity index (χ4v) is 6.94. The summed E-state index contributed by atoms with van der Waals surface area (Å²) >= 11 is 0. The molecule has 5 aliphatic rings. The van der Waals surface area contributed by atoms with Crippen molar-refractivity contribution in [3.8, 4) is 0 Å². The Morgan fingerprint density at radius 1 is 1.11 bits per heavy atom. The zero-order valence-corrected chi connectivity index (χ0v) is 16.5. The lowest BCUT2D eigenvalue weighted by atomic mass is 9.49. The van der Waals surface area contributed by atoms with Gasteiger partial charge in [-0.05, 0) is 99.8 Å². The van der Waals surface area contributed by atoms with Crippen molar-refractivity contribution in [2.75, 3.05) is 11.9 Å². The minimum absolute atomic E-state index is 0.134. The largest absolute Gasteiger partial charge is 0.330 e. The topological polar surface area (TPSA) is 49.4 Å². The predicted molar refractivity (Wildman–Crippen MR) is 105 cm³/mol. The van der Waals surface area contributed by atoms with E-state index in [0.717, 1.165) is 25.7 Å². The number of amides is 2. The molecule has 4 nitrogen and oxygen atoms in total. The van der Waals surface area contributed by atoms with Gasteiger partial charge in [0, 0.05) is 12.2 Å². The summed E-state index contributed by atoms with van der Waals surface area (Å²) in [5, 5.41) is 2.94. The first-order chi connectivity index (χ1) is 13.4. The normalized spacial score (nSPS) is 36.0. The zero-order chi connectivity index (χ0) is 19.5. The van der Waals surface area contributed by atoms with Gasteiger partial charge < -0.3 is 10.2 Å². The maximum Gasteiger partial charge on any atom is 0.247 e. The number of likely N-dealkylation sites (tertiary alicyclic amines) is 1. The Kier molecular flexibility index (Phi) is 4.25. The van der Waals surface area contributed by atoms with E-state index in [4.69, 9.17) is 0 Å². The Morgan fingerprint density at radius 2 is 1.75 bits per heavy atom. The molecule has 5 heteroatoms. The number of aryl methyl sites for hydroxylation is 1. The molecule has 1 aromatic carbocycles. The minimum Gasteiger partial charge on any atom is -0.330 e. The molecule has 4 bridgehead atoms. The van der Waals surface area contributed by atoms with Gasteiger partial charge in [-0.2, -0.15) is 0 Å². The van der Waals surface area contributed by atoms with E-state index >= 15 is 0 Å². The molecule has 1 atom stereocenters. The van der Waals surface area contributed by atoms with Crippen LogP contribution in [-0.4, -0.2) is 29.3 Å².